The Morgan fingerprint density at radius 1 is 1.00 bits per heavy atom. The Hall–Kier alpha value is -0.380. The van der Waals surface area contributed by atoms with Gasteiger partial charge in [0.15, 0.2) is 0 Å². The molecule has 12 heavy (non-hydrogen) atoms. The van der Waals surface area contributed by atoms with Gasteiger partial charge in [0.2, 0.25) is 0 Å². The second-order valence-electron chi connectivity index (χ2n) is 2.80. The molecule has 0 atom stereocenters. The van der Waals surface area contributed by atoms with Crippen molar-refractivity contribution in [3.8, 4) is 0 Å². The van der Waals surface area contributed by atoms with Crippen LogP contribution in [0, 0.1) is 0 Å². The molecule has 0 bridgehead atoms. The molecule has 2 nitrogen and oxygen atoms in total. The van der Waals surface area contributed by atoms with Crippen molar-refractivity contribution in [2.45, 2.75) is 19.3 Å². The quantitative estimate of drug-likeness (QED) is 0.721. The SMILES string of the molecule is NCCCc1ccc(CCN)s1. The van der Waals surface area contributed by atoms with Crippen LogP contribution in [-0.4, -0.2) is 13.1 Å². The van der Waals surface area contributed by atoms with E-state index in [1.165, 1.54) is 9.75 Å². The molecule has 1 heterocycles. The van der Waals surface area contributed by atoms with E-state index < -0.39 is 0 Å². The molecule has 1 aromatic rings. The molecule has 0 spiro atoms. The van der Waals surface area contributed by atoms with Gasteiger partial charge in [-0.25, -0.2) is 0 Å². The molecule has 0 radical (unpaired) electrons. The third-order valence-corrected chi connectivity index (χ3v) is 2.94. The lowest BCUT2D eigenvalue weighted by Crippen LogP contribution is -2.00. The first-order valence-electron chi connectivity index (χ1n) is 4.34. The fourth-order valence-electron chi connectivity index (χ4n) is 1.11. The smallest absolute Gasteiger partial charge is 0.00607 e. The summed E-state index contributed by atoms with van der Waals surface area (Å²) in [5.74, 6) is 0. The summed E-state index contributed by atoms with van der Waals surface area (Å²) in [5, 5.41) is 0. The van der Waals surface area contributed by atoms with Gasteiger partial charge in [0.05, 0.1) is 0 Å². The van der Waals surface area contributed by atoms with Crippen molar-refractivity contribution in [2.75, 3.05) is 13.1 Å². The molecule has 0 aliphatic rings. The van der Waals surface area contributed by atoms with Gasteiger partial charge in [-0.1, -0.05) is 0 Å². The van der Waals surface area contributed by atoms with Crippen LogP contribution in [0.3, 0.4) is 0 Å². The van der Waals surface area contributed by atoms with Crippen LogP contribution >= 0.6 is 11.3 Å². The first kappa shape index (κ1) is 9.71. The van der Waals surface area contributed by atoms with Crippen LogP contribution in [0.1, 0.15) is 16.2 Å². The van der Waals surface area contributed by atoms with Crippen LogP contribution in [0.4, 0.5) is 0 Å². The summed E-state index contributed by atoms with van der Waals surface area (Å²) < 4.78 is 0. The predicted molar refractivity (Wildman–Crippen MR) is 54.5 cm³/mol. The normalized spacial score (nSPS) is 10.5. The average Bonchev–Trinajstić information content (AvgIpc) is 2.50. The molecule has 1 aromatic heterocycles. The van der Waals surface area contributed by atoms with Crippen molar-refractivity contribution < 1.29 is 0 Å². The minimum absolute atomic E-state index is 0.747. The molecular weight excluding hydrogens is 168 g/mol. The monoisotopic (exact) mass is 184 g/mol. The predicted octanol–water partition coefficient (Wildman–Crippen LogP) is 1.14. The Morgan fingerprint density at radius 3 is 2.25 bits per heavy atom. The maximum absolute atomic E-state index is 5.46. The Morgan fingerprint density at radius 2 is 1.67 bits per heavy atom. The Balaban J connectivity index is 2.41. The minimum Gasteiger partial charge on any atom is -0.330 e. The van der Waals surface area contributed by atoms with Crippen molar-refractivity contribution in [3.05, 3.63) is 21.9 Å². The first-order valence-corrected chi connectivity index (χ1v) is 5.16. The lowest BCUT2D eigenvalue weighted by molar-refractivity contribution is 0.843. The van der Waals surface area contributed by atoms with Gasteiger partial charge in [0, 0.05) is 9.75 Å². The zero-order valence-electron chi connectivity index (χ0n) is 7.25. The standard InChI is InChI=1S/C9H16N2S/c10-6-1-2-8-3-4-9(12-8)5-7-11/h3-4H,1-2,5-7,10-11H2. The highest BCUT2D eigenvalue weighted by Gasteiger charge is 1.98. The van der Waals surface area contributed by atoms with Crippen molar-refractivity contribution >= 4 is 11.3 Å². The summed E-state index contributed by atoms with van der Waals surface area (Å²) in [4.78, 5) is 2.83. The number of hydrogen-bond donors (Lipinski definition) is 2. The van der Waals surface area contributed by atoms with E-state index in [1.54, 1.807) is 0 Å². The maximum Gasteiger partial charge on any atom is 0.00607 e. The fourth-order valence-corrected chi connectivity index (χ4v) is 2.18. The molecule has 1 rings (SSSR count). The molecule has 0 fully saturated rings. The number of aryl methyl sites for hydroxylation is 1. The molecule has 0 saturated heterocycles. The van der Waals surface area contributed by atoms with Crippen LogP contribution in [0.15, 0.2) is 12.1 Å². The van der Waals surface area contributed by atoms with E-state index in [4.69, 9.17) is 11.5 Å². The number of thiophene rings is 1. The van der Waals surface area contributed by atoms with Gasteiger partial charge in [-0.2, -0.15) is 0 Å². The highest BCUT2D eigenvalue weighted by molar-refractivity contribution is 7.11. The molecule has 0 aliphatic heterocycles. The molecule has 0 amide bonds. The van der Waals surface area contributed by atoms with Gasteiger partial charge >= 0.3 is 0 Å². The van der Waals surface area contributed by atoms with Gasteiger partial charge in [-0.3, -0.25) is 0 Å². The molecule has 4 N–H and O–H groups in total. The summed E-state index contributed by atoms with van der Waals surface area (Å²) >= 11 is 1.86. The zero-order valence-corrected chi connectivity index (χ0v) is 8.07. The van der Waals surface area contributed by atoms with Crippen molar-refractivity contribution in [2.24, 2.45) is 11.5 Å². The van der Waals surface area contributed by atoms with E-state index in [0.717, 1.165) is 32.4 Å². The van der Waals surface area contributed by atoms with Gasteiger partial charge < -0.3 is 11.5 Å². The second-order valence-corrected chi connectivity index (χ2v) is 4.05. The van der Waals surface area contributed by atoms with Crippen molar-refractivity contribution in [1.29, 1.82) is 0 Å². The van der Waals surface area contributed by atoms with Gasteiger partial charge in [-0.05, 0) is 44.5 Å². The zero-order chi connectivity index (χ0) is 8.81. The van der Waals surface area contributed by atoms with Crippen LogP contribution in [0.25, 0.3) is 0 Å². The maximum atomic E-state index is 5.46. The third-order valence-electron chi connectivity index (χ3n) is 1.74. The molecule has 68 valence electrons. The van der Waals surface area contributed by atoms with E-state index in [0.29, 0.717) is 0 Å². The van der Waals surface area contributed by atoms with E-state index in [2.05, 4.69) is 12.1 Å². The molecule has 0 aliphatic carbocycles. The number of rotatable bonds is 5. The van der Waals surface area contributed by atoms with Crippen LogP contribution < -0.4 is 11.5 Å². The highest BCUT2D eigenvalue weighted by atomic mass is 32.1. The first-order chi connectivity index (χ1) is 5.86. The Labute approximate surface area is 77.6 Å². The van der Waals surface area contributed by atoms with Crippen LogP contribution in [0.5, 0.6) is 0 Å². The summed E-state index contributed by atoms with van der Waals surface area (Å²) in [6, 6.07) is 4.36. The molecule has 0 saturated carbocycles. The minimum atomic E-state index is 0.747. The van der Waals surface area contributed by atoms with E-state index in [-0.39, 0.29) is 0 Å². The molecule has 3 heteroatoms. The van der Waals surface area contributed by atoms with Crippen LogP contribution in [-0.2, 0) is 12.8 Å². The number of nitrogens with two attached hydrogens (primary N) is 2. The number of hydrogen-bond acceptors (Lipinski definition) is 3. The van der Waals surface area contributed by atoms with Crippen molar-refractivity contribution in [3.63, 3.8) is 0 Å². The largest absolute Gasteiger partial charge is 0.330 e. The molecule has 0 aromatic carbocycles. The average molecular weight is 184 g/mol. The lowest BCUT2D eigenvalue weighted by atomic mass is 10.2. The van der Waals surface area contributed by atoms with E-state index in [1.807, 2.05) is 11.3 Å². The summed E-state index contributed by atoms with van der Waals surface area (Å²) in [5.41, 5.74) is 10.9. The summed E-state index contributed by atoms with van der Waals surface area (Å²) in [6.45, 7) is 1.53. The van der Waals surface area contributed by atoms with Gasteiger partial charge in [-0.15, -0.1) is 11.3 Å². The summed E-state index contributed by atoms with van der Waals surface area (Å²) in [6.07, 6.45) is 3.21. The van der Waals surface area contributed by atoms with Gasteiger partial charge in [0.1, 0.15) is 0 Å². The van der Waals surface area contributed by atoms with E-state index in [9.17, 15) is 0 Å². The lowest BCUT2D eigenvalue weighted by Gasteiger charge is -1.93. The third kappa shape index (κ3) is 2.93. The Bertz CT molecular complexity index is 220. The van der Waals surface area contributed by atoms with Crippen LogP contribution in [0.2, 0.25) is 0 Å². The summed E-state index contributed by atoms with van der Waals surface area (Å²) in [7, 11) is 0. The fraction of sp³-hybridized carbons (Fsp3) is 0.556. The van der Waals surface area contributed by atoms with Crippen molar-refractivity contribution in [1.82, 2.24) is 0 Å². The van der Waals surface area contributed by atoms with E-state index >= 15 is 0 Å². The molecule has 0 unspecified atom stereocenters. The Kier molecular flexibility index (Phi) is 4.29. The topological polar surface area (TPSA) is 52.0 Å². The highest BCUT2D eigenvalue weighted by Crippen LogP contribution is 2.17. The van der Waals surface area contributed by atoms with Gasteiger partial charge in [0.25, 0.3) is 0 Å². The second kappa shape index (κ2) is 5.30. The molecular formula is C9H16N2S.